The highest BCUT2D eigenvalue weighted by Crippen LogP contribution is 2.36. The van der Waals surface area contributed by atoms with Crippen LogP contribution in [-0.2, 0) is 0 Å². The van der Waals surface area contributed by atoms with E-state index in [9.17, 15) is 0 Å². The van der Waals surface area contributed by atoms with Crippen molar-refractivity contribution in [3.63, 3.8) is 0 Å². The van der Waals surface area contributed by atoms with E-state index in [1.807, 2.05) is 6.07 Å². The first-order valence-electron chi connectivity index (χ1n) is 5.89. The van der Waals surface area contributed by atoms with Gasteiger partial charge in [-0.15, -0.1) is 0 Å². The van der Waals surface area contributed by atoms with E-state index in [4.69, 9.17) is 4.52 Å². The molecule has 1 heterocycles. The van der Waals surface area contributed by atoms with Gasteiger partial charge >= 0.3 is 0 Å². The number of aromatic nitrogens is 1. The minimum absolute atomic E-state index is 0.583. The topological polar surface area (TPSA) is 26.0 Å². The van der Waals surface area contributed by atoms with Crippen molar-refractivity contribution in [1.82, 2.24) is 5.16 Å². The second-order valence-electron chi connectivity index (χ2n) is 4.54. The zero-order chi connectivity index (χ0) is 11.0. The van der Waals surface area contributed by atoms with Gasteiger partial charge in [-0.25, -0.2) is 0 Å². The van der Waals surface area contributed by atoms with Crippen molar-refractivity contribution in [2.45, 2.75) is 38.0 Å². The SMILES string of the molecule is Brc1ccc2c(C3CCCCC3)onc2c1. The van der Waals surface area contributed by atoms with Gasteiger partial charge in [0.05, 0.1) is 0 Å². The number of rotatable bonds is 1. The molecule has 1 fully saturated rings. The molecule has 0 amide bonds. The molecule has 0 atom stereocenters. The standard InChI is InChI=1S/C13H14BrNO/c14-10-6-7-11-12(8-10)15-16-13(11)9-4-2-1-3-5-9/h6-9H,1-5H2. The van der Waals surface area contributed by atoms with E-state index in [1.54, 1.807) is 0 Å². The summed E-state index contributed by atoms with van der Waals surface area (Å²) in [5.41, 5.74) is 0.968. The van der Waals surface area contributed by atoms with Crippen molar-refractivity contribution in [2.24, 2.45) is 0 Å². The Kier molecular flexibility index (Phi) is 2.72. The van der Waals surface area contributed by atoms with Crippen LogP contribution in [0, 0.1) is 0 Å². The average molecular weight is 280 g/mol. The number of fused-ring (bicyclic) bond motifs is 1. The molecule has 2 nitrogen and oxygen atoms in total. The first-order valence-corrected chi connectivity index (χ1v) is 6.69. The van der Waals surface area contributed by atoms with E-state index in [0.717, 1.165) is 15.7 Å². The van der Waals surface area contributed by atoms with Crippen LogP contribution in [0.3, 0.4) is 0 Å². The molecule has 84 valence electrons. The zero-order valence-electron chi connectivity index (χ0n) is 9.08. The molecule has 0 unspecified atom stereocenters. The number of hydrogen-bond acceptors (Lipinski definition) is 2. The third-order valence-electron chi connectivity index (χ3n) is 3.44. The summed E-state index contributed by atoms with van der Waals surface area (Å²) in [5, 5.41) is 5.34. The lowest BCUT2D eigenvalue weighted by molar-refractivity contribution is 0.326. The molecule has 1 aliphatic rings. The quantitative estimate of drug-likeness (QED) is 0.760. The molecule has 1 aromatic carbocycles. The van der Waals surface area contributed by atoms with Crippen molar-refractivity contribution in [2.75, 3.05) is 0 Å². The summed E-state index contributed by atoms with van der Waals surface area (Å²) in [7, 11) is 0. The molecule has 16 heavy (non-hydrogen) atoms. The lowest BCUT2D eigenvalue weighted by atomic mass is 9.86. The summed E-state index contributed by atoms with van der Waals surface area (Å²) in [6.45, 7) is 0. The highest BCUT2D eigenvalue weighted by Gasteiger charge is 2.21. The van der Waals surface area contributed by atoms with Gasteiger partial charge in [-0.3, -0.25) is 0 Å². The Hall–Kier alpha value is -0.830. The highest BCUT2D eigenvalue weighted by atomic mass is 79.9. The summed E-state index contributed by atoms with van der Waals surface area (Å²) in [6.07, 6.45) is 6.52. The molecular weight excluding hydrogens is 266 g/mol. The van der Waals surface area contributed by atoms with Gasteiger partial charge in [0, 0.05) is 15.8 Å². The van der Waals surface area contributed by atoms with Crippen molar-refractivity contribution < 1.29 is 4.52 Å². The smallest absolute Gasteiger partial charge is 0.147 e. The Bertz CT molecular complexity index is 500. The van der Waals surface area contributed by atoms with E-state index in [-0.39, 0.29) is 0 Å². The van der Waals surface area contributed by atoms with E-state index in [2.05, 4.69) is 33.2 Å². The van der Waals surface area contributed by atoms with Crippen molar-refractivity contribution in [1.29, 1.82) is 0 Å². The molecular formula is C13H14BrNO. The Morgan fingerprint density at radius 1 is 1.19 bits per heavy atom. The molecule has 1 saturated carbocycles. The highest BCUT2D eigenvalue weighted by molar-refractivity contribution is 9.10. The third-order valence-corrected chi connectivity index (χ3v) is 3.94. The summed E-state index contributed by atoms with van der Waals surface area (Å²) >= 11 is 3.46. The average Bonchev–Trinajstić information content (AvgIpc) is 2.73. The van der Waals surface area contributed by atoms with Crippen molar-refractivity contribution in [3.05, 3.63) is 28.4 Å². The molecule has 0 saturated heterocycles. The van der Waals surface area contributed by atoms with Crippen LogP contribution in [-0.4, -0.2) is 5.16 Å². The summed E-state index contributed by atoms with van der Waals surface area (Å²) in [6, 6.07) is 6.19. The summed E-state index contributed by atoms with van der Waals surface area (Å²) < 4.78 is 6.60. The van der Waals surface area contributed by atoms with E-state index < -0.39 is 0 Å². The molecule has 1 aliphatic carbocycles. The van der Waals surface area contributed by atoms with Crippen molar-refractivity contribution in [3.8, 4) is 0 Å². The number of halogens is 1. The van der Waals surface area contributed by atoms with Crippen molar-refractivity contribution >= 4 is 26.8 Å². The van der Waals surface area contributed by atoms with Crippen LogP contribution in [0.1, 0.15) is 43.8 Å². The fourth-order valence-electron chi connectivity index (χ4n) is 2.60. The van der Waals surface area contributed by atoms with Crippen LogP contribution in [0.15, 0.2) is 27.2 Å². The predicted octanol–water partition coefficient (Wildman–Crippen LogP) is 4.64. The number of benzene rings is 1. The van der Waals surface area contributed by atoms with Gasteiger partial charge < -0.3 is 4.52 Å². The molecule has 0 bridgehead atoms. The molecule has 1 aromatic heterocycles. The minimum Gasteiger partial charge on any atom is -0.360 e. The minimum atomic E-state index is 0.583. The Morgan fingerprint density at radius 3 is 2.81 bits per heavy atom. The van der Waals surface area contributed by atoms with Gasteiger partial charge in [0.15, 0.2) is 0 Å². The maximum Gasteiger partial charge on any atom is 0.147 e. The maximum absolute atomic E-state index is 5.54. The molecule has 0 radical (unpaired) electrons. The fraction of sp³-hybridized carbons (Fsp3) is 0.462. The van der Waals surface area contributed by atoms with Gasteiger partial charge in [0.1, 0.15) is 11.3 Å². The molecule has 0 N–H and O–H groups in total. The van der Waals surface area contributed by atoms with Gasteiger partial charge in [0.25, 0.3) is 0 Å². The van der Waals surface area contributed by atoms with Crippen LogP contribution in [0.4, 0.5) is 0 Å². The molecule has 3 heteroatoms. The second-order valence-corrected chi connectivity index (χ2v) is 5.46. The van der Waals surface area contributed by atoms with Gasteiger partial charge in [0.2, 0.25) is 0 Å². The zero-order valence-corrected chi connectivity index (χ0v) is 10.7. The fourth-order valence-corrected chi connectivity index (χ4v) is 2.94. The van der Waals surface area contributed by atoms with Crippen LogP contribution in [0.5, 0.6) is 0 Å². The van der Waals surface area contributed by atoms with E-state index in [0.29, 0.717) is 5.92 Å². The number of hydrogen-bond donors (Lipinski definition) is 0. The summed E-state index contributed by atoms with van der Waals surface area (Å²) in [5.74, 6) is 1.68. The first-order chi connectivity index (χ1) is 7.84. The normalized spacial score (nSPS) is 18.1. The third kappa shape index (κ3) is 1.77. The largest absolute Gasteiger partial charge is 0.360 e. The summed E-state index contributed by atoms with van der Waals surface area (Å²) in [4.78, 5) is 0. The van der Waals surface area contributed by atoms with Crippen LogP contribution in [0.2, 0.25) is 0 Å². The molecule has 0 spiro atoms. The molecule has 3 rings (SSSR count). The van der Waals surface area contributed by atoms with Crippen LogP contribution in [0.25, 0.3) is 10.9 Å². The monoisotopic (exact) mass is 279 g/mol. The lowest BCUT2D eigenvalue weighted by Crippen LogP contribution is -2.03. The van der Waals surface area contributed by atoms with E-state index >= 15 is 0 Å². The molecule has 0 aliphatic heterocycles. The second kappa shape index (κ2) is 4.21. The van der Waals surface area contributed by atoms with Gasteiger partial charge in [-0.05, 0) is 31.0 Å². The lowest BCUT2D eigenvalue weighted by Gasteiger charge is -2.18. The van der Waals surface area contributed by atoms with Gasteiger partial charge in [-0.2, -0.15) is 0 Å². The Labute approximate surface area is 103 Å². The van der Waals surface area contributed by atoms with Gasteiger partial charge in [-0.1, -0.05) is 40.3 Å². The Morgan fingerprint density at radius 2 is 2.00 bits per heavy atom. The van der Waals surface area contributed by atoms with Crippen LogP contribution >= 0.6 is 15.9 Å². The maximum atomic E-state index is 5.54. The number of nitrogens with zero attached hydrogens (tertiary/aromatic N) is 1. The van der Waals surface area contributed by atoms with E-state index in [1.165, 1.54) is 37.5 Å². The predicted molar refractivity (Wildman–Crippen MR) is 67.5 cm³/mol. The molecule has 2 aromatic rings. The first kappa shape index (κ1) is 10.3. The van der Waals surface area contributed by atoms with Crippen LogP contribution < -0.4 is 0 Å². The Balaban J connectivity index is 2.03.